The smallest absolute Gasteiger partial charge is 0.237 e. The van der Waals surface area contributed by atoms with Crippen molar-refractivity contribution in [2.75, 3.05) is 17.2 Å². The lowest BCUT2D eigenvalue weighted by molar-refractivity contribution is -0.116. The van der Waals surface area contributed by atoms with Crippen LogP contribution in [0.25, 0.3) is 0 Å². The minimum absolute atomic E-state index is 0.0717. The molecule has 0 bridgehead atoms. The van der Waals surface area contributed by atoms with Crippen LogP contribution in [-0.2, 0) is 17.8 Å². The van der Waals surface area contributed by atoms with Gasteiger partial charge in [0.05, 0.1) is 5.75 Å². The third-order valence-corrected chi connectivity index (χ3v) is 5.57. The molecule has 0 atom stereocenters. The molecule has 0 spiro atoms. The number of nitrogens with zero attached hydrogens (tertiary/aromatic N) is 3. The first-order chi connectivity index (χ1) is 13.2. The molecule has 0 unspecified atom stereocenters. The Morgan fingerprint density at radius 3 is 2.89 bits per heavy atom. The van der Waals surface area contributed by atoms with E-state index in [1.165, 1.54) is 17.3 Å². The first-order valence-corrected chi connectivity index (χ1v) is 10.3. The number of benzene rings is 2. The molecule has 0 aliphatic carbocycles. The molecule has 1 aliphatic rings. The van der Waals surface area contributed by atoms with Gasteiger partial charge in [-0.1, -0.05) is 45.9 Å². The zero-order valence-corrected chi connectivity index (χ0v) is 16.8. The number of carbonyl (C=O) groups is 1. The van der Waals surface area contributed by atoms with Crippen LogP contribution in [0.1, 0.15) is 11.4 Å². The summed E-state index contributed by atoms with van der Waals surface area (Å²) < 4.78 is 6.67. The van der Waals surface area contributed by atoms with E-state index in [1.807, 2.05) is 47.4 Å². The second kappa shape index (κ2) is 8.14. The van der Waals surface area contributed by atoms with Gasteiger partial charge in [-0.2, -0.15) is 0 Å². The van der Waals surface area contributed by atoms with Gasteiger partial charge in [0.15, 0.2) is 5.82 Å². The lowest BCUT2D eigenvalue weighted by atomic mass is 10.2. The Labute approximate surface area is 169 Å². The van der Waals surface area contributed by atoms with Crippen molar-refractivity contribution >= 4 is 39.3 Å². The molecule has 6 nitrogen and oxygen atoms in total. The number of aromatic amines is 1. The van der Waals surface area contributed by atoms with Crippen LogP contribution in [-0.4, -0.2) is 33.4 Å². The Balaban J connectivity index is 1.29. The fraction of sp³-hybridized carbons (Fsp3) is 0.211. The Hall–Kier alpha value is -2.32. The standard InChI is InChI=1S/C19H17BrN4O2S/c20-14-5-7-15(8-6-14)26-11-17-21-19(23-22-17)27-12-18(25)24-10-9-13-3-1-2-4-16(13)24/h1-8H,9-12H2,(H,21,22,23). The molecule has 3 aromatic rings. The molecule has 0 radical (unpaired) electrons. The molecular formula is C19H17BrN4O2S. The molecule has 138 valence electrons. The molecule has 4 rings (SSSR count). The number of anilines is 1. The number of ether oxygens (including phenoxy) is 1. The average molecular weight is 445 g/mol. The molecule has 0 saturated carbocycles. The van der Waals surface area contributed by atoms with Gasteiger partial charge in [0.1, 0.15) is 12.4 Å². The van der Waals surface area contributed by atoms with Gasteiger partial charge in [0.25, 0.3) is 0 Å². The summed E-state index contributed by atoms with van der Waals surface area (Å²) in [6.45, 7) is 1.03. The number of hydrogen-bond acceptors (Lipinski definition) is 5. The normalized spacial score (nSPS) is 12.9. The molecule has 1 N–H and O–H groups in total. The summed E-state index contributed by atoms with van der Waals surface area (Å²) in [7, 11) is 0. The number of para-hydroxylation sites is 1. The van der Waals surface area contributed by atoms with Crippen LogP contribution in [0.2, 0.25) is 0 Å². The fourth-order valence-electron chi connectivity index (χ4n) is 2.89. The van der Waals surface area contributed by atoms with E-state index < -0.39 is 0 Å². The van der Waals surface area contributed by atoms with E-state index in [0.29, 0.717) is 23.3 Å². The molecule has 2 aromatic carbocycles. The number of halogens is 1. The van der Waals surface area contributed by atoms with Crippen molar-refractivity contribution in [1.29, 1.82) is 0 Å². The van der Waals surface area contributed by atoms with E-state index in [4.69, 9.17) is 4.74 Å². The highest BCUT2D eigenvalue weighted by atomic mass is 79.9. The van der Waals surface area contributed by atoms with Gasteiger partial charge in [-0.05, 0) is 42.3 Å². The van der Waals surface area contributed by atoms with E-state index in [0.717, 1.165) is 28.9 Å². The Morgan fingerprint density at radius 1 is 1.22 bits per heavy atom. The molecule has 2 heterocycles. The van der Waals surface area contributed by atoms with E-state index in [1.54, 1.807) is 0 Å². The van der Waals surface area contributed by atoms with Crippen LogP contribution in [0, 0.1) is 0 Å². The molecule has 8 heteroatoms. The third-order valence-electron chi connectivity index (χ3n) is 4.21. The monoisotopic (exact) mass is 444 g/mol. The summed E-state index contributed by atoms with van der Waals surface area (Å²) in [6.07, 6.45) is 0.908. The van der Waals surface area contributed by atoms with Gasteiger partial charge >= 0.3 is 0 Å². The number of amides is 1. The number of H-pyrrole nitrogens is 1. The quantitative estimate of drug-likeness (QED) is 0.584. The lowest BCUT2D eigenvalue weighted by Gasteiger charge is -2.16. The zero-order valence-electron chi connectivity index (χ0n) is 14.4. The fourth-order valence-corrected chi connectivity index (χ4v) is 3.85. The number of fused-ring (bicyclic) bond motifs is 1. The van der Waals surface area contributed by atoms with Gasteiger partial charge in [-0.15, -0.1) is 5.10 Å². The second-order valence-electron chi connectivity index (χ2n) is 6.02. The average Bonchev–Trinajstić information content (AvgIpc) is 3.32. The third kappa shape index (κ3) is 4.33. The first kappa shape index (κ1) is 18.1. The largest absolute Gasteiger partial charge is 0.486 e. The van der Waals surface area contributed by atoms with E-state index in [-0.39, 0.29) is 5.91 Å². The maximum atomic E-state index is 12.5. The van der Waals surface area contributed by atoms with Crippen molar-refractivity contribution in [2.24, 2.45) is 0 Å². The Bertz CT molecular complexity index is 945. The second-order valence-corrected chi connectivity index (χ2v) is 7.88. The number of hydrogen-bond donors (Lipinski definition) is 1. The van der Waals surface area contributed by atoms with Gasteiger partial charge in [-0.25, -0.2) is 4.98 Å². The Kier molecular flexibility index (Phi) is 5.45. The van der Waals surface area contributed by atoms with E-state index in [2.05, 4.69) is 37.2 Å². The SMILES string of the molecule is O=C(CSc1n[nH]c(COc2ccc(Br)cc2)n1)N1CCc2ccccc21. The number of nitrogens with one attached hydrogen (secondary N) is 1. The van der Waals surface area contributed by atoms with E-state index >= 15 is 0 Å². The summed E-state index contributed by atoms with van der Waals surface area (Å²) >= 11 is 4.72. The van der Waals surface area contributed by atoms with Crippen molar-refractivity contribution in [2.45, 2.75) is 18.2 Å². The van der Waals surface area contributed by atoms with Crippen molar-refractivity contribution in [1.82, 2.24) is 15.2 Å². The zero-order chi connectivity index (χ0) is 18.6. The minimum Gasteiger partial charge on any atom is -0.486 e. The van der Waals surface area contributed by atoms with Crippen LogP contribution in [0.5, 0.6) is 5.75 Å². The topological polar surface area (TPSA) is 71.1 Å². The highest BCUT2D eigenvalue weighted by molar-refractivity contribution is 9.10. The highest BCUT2D eigenvalue weighted by Crippen LogP contribution is 2.28. The van der Waals surface area contributed by atoms with E-state index in [9.17, 15) is 4.79 Å². The molecular weight excluding hydrogens is 428 g/mol. The van der Waals surface area contributed by atoms with Crippen LogP contribution in [0.15, 0.2) is 58.2 Å². The summed E-state index contributed by atoms with van der Waals surface area (Å²) in [5, 5.41) is 7.56. The van der Waals surface area contributed by atoms with Gasteiger partial charge in [0, 0.05) is 16.7 Å². The molecule has 27 heavy (non-hydrogen) atoms. The van der Waals surface area contributed by atoms with Crippen LogP contribution < -0.4 is 9.64 Å². The molecule has 0 saturated heterocycles. The molecule has 1 aliphatic heterocycles. The number of rotatable bonds is 6. The minimum atomic E-state index is 0.0717. The van der Waals surface area contributed by atoms with Gasteiger partial charge in [0.2, 0.25) is 11.1 Å². The maximum Gasteiger partial charge on any atom is 0.237 e. The van der Waals surface area contributed by atoms with Gasteiger partial charge < -0.3 is 9.64 Å². The summed E-state index contributed by atoms with van der Waals surface area (Å²) in [5.41, 5.74) is 2.24. The molecule has 1 amide bonds. The van der Waals surface area contributed by atoms with Crippen molar-refractivity contribution in [3.63, 3.8) is 0 Å². The number of aromatic nitrogens is 3. The maximum absolute atomic E-state index is 12.5. The predicted molar refractivity (Wildman–Crippen MR) is 108 cm³/mol. The van der Waals surface area contributed by atoms with Gasteiger partial charge in [-0.3, -0.25) is 9.89 Å². The number of thioether (sulfide) groups is 1. The number of carbonyl (C=O) groups excluding carboxylic acids is 1. The summed E-state index contributed by atoms with van der Waals surface area (Å²) in [6, 6.07) is 15.6. The lowest BCUT2D eigenvalue weighted by Crippen LogP contribution is -2.30. The Morgan fingerprint density at radius 2 is 2.04 bits per heavy atom. The van der Waals surface area contributed by atoms with Crippen molar-refractivity contribution < 1.29 is 9.53 Å². The van der Waals surface area contributed by atoms with Crippen LogP contribution >= 0.6 is 27.7 Å². The van der Waals surface area contributed by atoms with Crippen LogP contribution in [0.4, 0.5) is 5.69 Å². The highest BCUT2D eigenvalue weighted by Gasteiger charge is 2.24. The first-order valence-electron chi connectivity index (χ1n) is 8.50. The molecule has 1 aromatic heterocycles. The molecule has 0 fully saturated rings. The van der Waals surface area contributed by atoms with Crippen LogP contribution in [0.3, 0.4) is 0 Å². The summed E-state index contributed by atoms with van der Waals surface area (Å²) in [4.78, 5) is 18.8. The van der Waals surface area contributed by atoms with Crippen molar-refractivity contribution in [3.8, 4) is 5.75 Å². The van der Waals surface area contributed by atoms with Crippen molar-refractivity contribution in [3.05, 3.63) is 64.4 Å². The summed E-state index contributed by atoms with van der Waals surface area (Å²) in [5.74, 6) is 1.76. The predicted octanol–water partition coefficient (Wildman–Crippen LogP) is 3.83.